The number of rotatable bonds is 6. The van der Waals surface area contributed by atoms with Crippen molar-refractivity contribution in [3.63, 3.8) is 0 Å². The number of hydrogen-bond donors (Lipinski definition) is 2. The lowest BCUT2D eigenvalue weighted by Crippen LogP contribution is -2.34. The van der Waals surface area contributed by atoms with Crippen LogP contribution in [0.15, 0.2) is 24.3 Å². The zero-order chi connectivity index (χ0) is 14.4. The molecule has 0 bridgehead atoms. The molecule has 1 heterocycles. The van der Waals surface area contributed by atoms with Gasteiger partial charge in [0.2, 0.25) is 5.91 Å². The van der Waals surface area contributed by atoms with Gasteiger partial charge in [0, 0.05) is 12.5 Å². The maximum atomic E-state index is 12.1. The van der Waals surface area contributed by atoms with Gasteiger partial charge in [-0.2, -0.15) is 0 Å². The summed E-state index contributed by atoms with van der Waals surface area (Å²) < 4.78 is 5.16. The van der Waals surface area contributed by atoms with E-state index in [0.29, 0.717) is 12.5 Å². The Kier molecular flexibility index (Phi) is 5.41. The van der Waals surface area contributed by atoms with Gasteiger partial charge in [-0.25, -0.2) is 0 Å². The fourth-order valence-electron chi connectivity index (χ4n) is 2.67. The Hall–Kier alpha value is -1.55. The van der Waals surface area contributed by atoms with Crippen LogP contribution in [0.5, 0.6) is 5.75 Å². The molecule has 1 saturated heterocycles. The van der Waals surface area contributed by atoms with Crippen LogP contribution in [-0.2, 0) is 4.79 Å². The van der Waals surface area contributed by atoms with Gasteiger partial charge in [-0.3, -0.25) is 4.79 Å². The summed E-state index contributed by atoms with van der Waals surface area (Å²) in [5.74, 6) is 0.970. The van der Waals surface area contributed by atoms with Crippen LogP contribution in [0.1, 0.15) is 44.2 Å². The Labute approximate surface area is 120 Å². The number of amides is 1. The number of nitrogens with one attached hydrogen (secondary N) is 2. The van der Waals surface area contributed by atoms with Gasteiger partial charge < -0.3 is 15.4 Å². The summed E-state index contributed by atoms with van der Waals surface area (Å²) in [6.07, 6.45) is 3.74. The van der Waals surface area contributed by atoms with E-state index in [1.54, 1.807) is 7.11 Å². The maximum absolute atomic E-state index is 12.1. The summed E-state index contributed by atoms with van der Waals surface area (Å²) in [4.78, 5) is 12.1. The van der Waals surface area contributed by atoms with Crippen molar-refractivity contribution in [1.29, 1.82) is 0 Å². The third-order valence-electron chi connectivity index (χ3n) is 3.86. The van der Waals surface area contributed by atoms with E-state index < -0.39 is 0 Å². The monoisotopic (exact) mass is 276 g/mol. The van der Waals surface area contributed by atoms with E-state index in [4.69, 9.17) is 4.74 Å². The molecule has 0 saturated carbocycles. The van der Waals surface area contributed by atoms with Crippen molar-refractivity contribution < 1.29 is 9.53 Å². The second-order valence-corrected chi connectivity index (χ2v) is 5.30. The molecule has 2 rings (SSSR count). The highest BCUT2D eigenvalue weighted by Crippen LogP contribution is 2.20. The number of methoxy groups -OCH3 is 1. The number of hydrogen-bond acceptors (Lipinski definition) is 3. The maximum Gasteiger partial charge on any atom is 0.222 e. The minimum Gasteiger partial charge on any atom is -0.497 e. The van der Waals surface area contributed by atoms with Crippen molar-refractivity contribution in [2.45, 2.75) is 44.7 Å². The quantitative estimate of drug-likeness (QED) is 0.839. The zero-order valence-corrected chi connectivity index (χ0v) is 12.3. The molecular weight excluding hydrogens is 252 g/mol. The van der Waals surface area contributed by atoms with E-state index in [-0.39, 0.29) is 11.9 Å². The van der Waals surface area contributed by atoms with Crippen molar-refractivity contribution in [3.05, 3.63) is 29.8 Å². The molecule has 4 nitrogen and oxygen atoms in total. The molecule has 2 unspecified atom stereocenters. The summed E-state index contributed by atoms with van der Waals surface area (Å²) in [7, 11) is 1.66. The topological polar surface area (TPSA) is 50.4 Å². The van der Waals surface area contributed by atoms with Crippen LogP contribution in [0.3, 0.4) is 0 Å². The summed E-state index contributed by atoms with van der Waals surface area (Å²) in [6, 6.07) is 8.33. The highest BCUT2D eigenvalue weighted by Gasteiger charge is 2.19. The average Bonchev–Trinajstić information content (AvgIpc) is 2.97. The van der Waals surface area contributed by atoms with Gasteiger partial charge in [0.1, 0.15) is 5.75 Å². The number of carbonyl (C=O) groups excluding carboxylic acids is 1. The van der Waals surface area contributed by atoms with E-state index in [1.807, 2.05) is 24.3 Å². The second-order valence-electron chi connectivity index (χ2n) is 5.30. The van der Waals surface area contributed by atoms with E-state index >= 15 is 0 Å². The van der Waals surface area contributed by atoms with E-state index in [9.17, 15) is 4.79 Å². The predicted octanol–water partition coefficient (Wildman–Crippen LogP) is 2.40. The molecule has 2 atom stereocenters. The van der Waals surface area contributed by atoms with Gasteiger partial charge in [-0.1, -0.05) is 19.1 Å². The van der Waals surface area contributed by atoms with Crippen molar-refractivity contribution in [2.24, 2.45) is 0 Å². The molecular formula is C16H24N2O2. The smallest absolute Gasteiger partial charge is 0.222 e. The van der Waals surface area contributed by atoms with Crippen molar-refractivity contribution in [3.8, 4) is 5.75 Å². The van der Waals surface area contributed by atoms with Crippen LogP contribution >= 0.6 is 0 Å². The predicted molar refractivity (Wildman–Crippen MR) is 79.8 cm³/mol. The van der Waals surface area contributed by atoms with Crippen molar-refractivity contribution >= 4 is 5.91 Å². The number of ether oxygens (including phenoxy) is 1. The van der Waals surface area contributed by atoms with E-state index in [1.165, 1.54) is 6.42 Å². The molecule has 1 amide bonds. The summed E-state index contributed by atoms with van der Waals surface area (Å²) in [6.45, 7) is 3.12. The van der Waals surface area contributed by atoms with Gasteiger partial charge in [-0.15, -0.1) is 0 Å². The zero-order valence-electron chi connectivity index (χ0n) is 12.3. The fourth-order valence-corrected chi connectivity index (χ4v) is 2.67. The average molecular weight is 276 g/mol. The Morgan fingerprint density at radius 3 is 2.75 bits per heavy atom. The van der Waals surface area contributed by atoms with E-state index in [2.05, 4.69) is 17.6 Å². The highest BCUT2D eigenvalue weighted by atomic mass is 16.5. The number of benzene rings is 1. The lowest BCUT2D eigenvalue weighted by Gasteiger charge is -2.19. The first-order valence-electron chi connectivity index (χ1n) is 7.39. The molecule has 1 aromatic rings. The lowest BCUT2D eigenvalue weighted by atomic mass is 10.0. The molecule has 0 aromatic heterocycles. The summed E-state index contributed by atoms with van der Waals surface area (Å²) in [5, 5.41) is 6.48. The Balaban J connectivity index is 1.91. The van der Waals surface area contributed by atoms with Crippen molar-refractivity contribution in [2.75, 3.05) is 13.7 Å². The second kappa shape index (κ2) is 7.29. The normalized spacial score (nSPS) is 19.6. The molecule has 20 heavy (non-hydrogen) atoms. The molecule has 2 N–H and O–H groups in total. The lowest BCUT2D eigenvalue weighted by molar-refractivity contribution is -0.122. The molecule has 0 spiro atoms. The van der Waals surface area contributed by atoms with Gasteiger partial charge in [0.25, 0.3) is 0 Å². The molecule has 1 aliphatic heterocycles. The highest BCUT2D eigenvalue weighted by molar-refractivity contribution is 5.77. The Morgan fingerprint density at radius 1 is 1.45 bits per heavy atom. The minimum absolute atomic E-state index is 0.0785. The van der Waals surface area contributed by atoms with Crippen LogP contribution in [0.2, 0.25) is 0 Å². The fraction of sp³-hybridized carbons (Fsp3) is 0.562. The molecule has 1 fully saturated rings. The largest absolute Gasteiger partial charge is 0.497 e. The molecule has 1 aromatic carbocycles. The SMILES string of the molecule is CCC(NC(=O)CC1CCCN1)c1ccc(OC)cc1. The van der Waals surface area contributed by atoms with Crippen molar-refractivity contribution in [1.82, 2.24) is 10.6 Å². The summed E-state index contributed by atoms with van der Waals surface area (Å²) in [5.41, 5.74) is 1.13. The summed E-state index contributed by atoms with van der Waals surface area (Å²) >= 11 is 0. The first-order chi connectivity index (χ1) is 9.72. The minimum atomic E-state index is 0.0785. The first-order valence-corrected chi connectivity index (χ1v) is 7.39. The van der Waals surface area contributed by atoms with E-state index in [0.717, 1.165) is 30.7 Å². The van der Waals surface area contributed by atoms with Gasteiger partial charge >= 0.3 is 0 Å². The first kappa shape index (κ1) is 14.9. The Bertz CT molecular complexity index is 425. The molecule has 4 heteroatoms. The Morgan fingerprint density at radius 2 is 2.20 bits per heavy atom. The van der Waals surface area contributed by atoms with Crippen LogP contribution in [0, 0.1) is 0 Å². The third-order valence-corrected chi connectivity index (χ3v) is 3.86. The molecule has 110 valence electrons. The van der Waals surface area contributed by atoms with Crippen LogP contribution in [0.25, 0.3) is 0 Å². The molecule has 1 aliphatic rings. The van der Waals surface area contributed by atoms with Gasteiger partial charge in [0.05, 0.1) is 13.2 Å². The number of carbonyl (C=O) groups is 1. The third kappa shape index (κ3) is 3.97. The van der Waals surface area contributed by atoms with Crippen LogP contribution in [0.4, 0.5) is 0 Å². The van der Waals surface area contributed by atoms with Gasteiger partial charge in [0.15, 0.2) is 0 Å². The van der Waals surface area contributed by atoms with Gasteiger partial charge in [-0.05, 0) is 43.5 Å². The molecule has 0 radical (unpaired) electrons. The van der Waals surface area contributed by atoms with Crippen LogP contribution < -0.4 is 15.4 Å². The molecule has 0 aliphatic carbocycles. The van der Waals surface area contributed by atoms with Crippen LogP contribution in [-0.4, -0.2) is 25.6 Å². The standard InChI is InChI=1S/C16H24N2O2/c1-3-15(12-6-8-14(20-2)9-7-12)18-16(19)11-13-5-4-10-17-13/h6-9,13,15,17H,3-5,10-11H2,1-2H3,(H,18,19).